The van der Waals surface area contributed by atoms with Gasteiger partial charge in [-0.2, -0.15) is 0 Å². The molecule has 1 aromatic carbocycles. The topological polar surface area (TPSA) is 50.4 Å². The van der Waals surface area contributed by atoms with Crippen molar-refractivity contribution >= 4 is 39.6 Å². The Hall–Kier alpha value is -1.92. The van der Waals surface area contributed by atoms with Gasteiger partial charge in [0, 0.05) is 17.0 Å². The van der Waals surface area contributed by atoms with Crippen LogP contribution in [0.25, 0.3) is 11.1 Å². The van der Waals surface area contributed by atoms with Crippen LogP contribution in [0.4, 0.5) is 5.00 Å². The Morgan fingerprint density at radius 3 is 2.58 bits per heavy atom. The number of ether oxygens (including phenoxy) is 1. The summed E-state index contributed by atoms with van der Waals surface area (Å²) in [5.41, 5.74) is 2.46. The summed E-state index contributed by atoms with van der Waals surface area (Å²) in [6.07, 6.45) is 3.40. The van der Waals surface area contributed by atoms with E-state index in [2.05, 4.69) is 17.6 Å². The Morgan fingerprint density at radius 1 is 1.19 bits per heavy atom. The molecule has 1 heterocycles. The first-order valence-corrected chi connectivity index (χ1v) is 10.2. The summed E-state index contributed by atoms with van der Waals surface area (Å²) < 4.78 is 5.30. The van der Waals surface area contributed by atoms with E-state index in [1.54, 1.807) is 0 Å². The molecule has 2 rings (SSSR count). The Labute approximate surface area is 165 Å². The molecule has 0 aliphatic rings. The normalized spacial score (nSPS) is 10.4. The monoisotopic (exact) mass is 390 g/mol. The highest BCUT2D eigenvalue weighted by molar-refractivity contribution is 7.80. The highest BCUT2D eigenvalue weighted by Crippen LogP contribution is 2.40. The van der Waals surface area contributed by atoms with E-state index < -0.39 is 0 Å². The first-order valence-electron chi connectivity index (χ1n) is 8.99. The number of hydrogen-bond acceptors (Lipinski definition) is 4. The molecule has 2 N–H and O–H groups in total. The molecule has 26 heavy (non-hydrogen) atoms. The van der Waals surface area contributed by atoms with Crippen LogP contribution in [0.5, 0.6) is 0 Å². The van der Waals surface area contributed by atoms with Crippen LogP contribution < -0.4 is 10.6 Å². The lowest BCUT2D eigenvalue weighted by molar-refractivity contribution is 0.0529. The minimum absolute atomic E-state index is 0.327. The number of thiophene rings is 1. The van der Waals surface area contributed by atoms with Gasteiger partial charge in [-0.25, -0.2) is 4.79 Å². The summed E-state index contributed by atoms with van der Waals surface area (Å²) in [4.78, 5) is 13.7. The zero-order valence-electron chi connectivity index (χ0n) is 15.6. The van der Waals surface area contributed by atoms with Crippen molar-refractivity contribution in [1.29, 1.82) is 0 Å². The van der Waals surface area contributed by atoms with Crippen LogP contribution in [0.1, 0.15) is 48.3 Å². The van der Waals surface area contributed by atoms with Crippen LogP contribution in [0.2, 0.25) is 0 Å². The number of rotatable bonds is 8. The van der Waals surface area contributed by atoms with Crippen LogP contribution in [0, 0.1) is 6.92 Å². The largest absolute Gasteiger partial charge is 0.462 e. The van der Waals surface area contributed by atoms with Crippen molar-refractivity contribution < 1.29 is 9.53 Å². The van der Waals surface area contributed by atoms with E-state index in [-0.39, 0.29) is 5.97 Å². The zero-order chi connectivity index (χ0) is 18.9. The maximum Gasteiger partial charge on any atom is 0.341 e. The number of benzene rings is 1. The number of nitrogens with one attached hydrogen (secondary N) is 2. The quantitative estimate of drug-likeness (QED) is 0.360. The number of carbonyl (C=O) groups excluding carboxylic acids is 1. The molecule has 0 aliphatic carbocycles. The van der Waals surface area contributed by atoms with Crippen molar-refractivity contribution in [1.82, 2.24) is 5.32 Å². The number of anilines is 1. The van der Waals surface area contributed by atoms with Gasteiger partial charge in [0.05, 0.1) is 6.61 Å². The second-order valence-corrected chi connectivity index (χ2v) is 7.54. The third-order valence-electron chi connectivity index (χ3n) is 3.92. The van der Waals surface area contributed by atoms with Gasteiger partial charge in [0.2, 0.25) is 0 Å². The molecule has 0 atom stereocenters. The van der Waals surface area contributed by atoms with Crippen molar-refractivity contribution in [2.45, 2.75) is 40.0 Å². The molecular formula is C20H26N2O2S2. The zero-order valence-corrected chi connectivity index (χ0v) is 17.2. The lowest BCUT2D eigenvalue weighted by Crippen LogP contribution is -2.29. The van der Waals surface area contributed by atoms with Crippen LogP contribution in [0.3, 0.4) is 0 Å². The number of unbranched alkanes of at least 4 members (excludes halogenated alkanes) is 2. The second-order valence-electron chi connectivity index (χ2n) is 5.91. The predicted octanol–water partition coefficient (Wildman–Crippen LogP) is 5.38. The average molecular weight is 391 g/mol. The number of hydrogen-bond donors (Lipinski definition) is 2. The van der Waals surface area contributed by atoms with Crippen LogP contribution >= 0.6 is 23.6 Å². The molecule has 1 aromatic heterocycles. The SMILES string of the molecule is CCCCCNC(=S)Nc1sc(C)c(-c2ccccc2)c1C(=O)OCC. The number of thiocarbonyl (C=S) groups is 1. The first kappa shape index (κ1) is 20.4. The van der Waals surface area contributed by atoms with Gasteiger partial charge in [-0.05, 0) is 38.0 Å². The minimum Gasteiger partial charge on any atom is -0.462 e. The molecule has 0 unspecified atom stereocenters. The average Bonchev–Trinajstić information content (AvgIpc) is 2.95. The molecule has 0 saturated carbocycles. The number of aryl methyl sites for hydroxylation is 1. The van der Waals surface area contributed by atoms with Gasteiger partial charge >= 0.3 is 5.97 Å². The Kier molecular flexibility index (Phi) is 8.06. The third-order valence-corrected chi connectivity index (χ3v) is 5.19. The molecule has 0 aliphatic heterocycles. The molecule has 4 nitrogen and oxygen atoms in total. The molecule has 140 valence electrons. The molecule has 0 bridgehead atoms. The van der Waals surface area contributed by atoms with E-state index in [1.807, 2.05) is 44.2 Å². The smallest absolute Gasteiger partial charge is 0.341 e. The van der Waals surface area contributed by atoms with Crippen molar-refractivity contribution in [3.05, 3.63) is 40.8 Å². The number of esters is 1. The van der Waals surface area contributed by atoms with Crippen molar-refractivity contribution in [2.24, 2.45) is 0 Å². The lowest BCUT2D eigenvalue weighted by atomic mass is 10.0. The van der Waals surface area contributed by atoms with Crippen LogP contribution in [-0.4, -0.2) is 24.2 Å². The van der Waals surface area contributed by atoms with E-state index in [4.69, 9.17) is 17.0 Å². The first-order chi connectivity index (χ1) is 12.6. The van der Waals surface area contributed by atoms with Gasteiger partial charge < -0.3 is 15.4 Å². The summed E-state index contributed by atoms with van der Waals surface area (Å²) in [7, 11) is 0. The maximum absolute atomic E-state index is 12.6. The molecule has 0 radical (unpaired) electrons. The lowest BCUT2D eigenvalue weighted by Gasteiger charge is -2.11. The fourth-order valence-corrected chi connectivity index (χ4v) is 4.04. The van der Waals surface area contributed by atoms with E-state index in [1.165, 1.54) is 24.2 Å². The number of carbonyl (C=O) groups is 1. The Bertz CT molecular complexity index is 742. The molecule has 2 aromatic rings. The molecule has 0 saturated heterocycles. The molecule has 0 amide bonds. The summed E-state index contributed by atoms with van der Waals surface area (Å²) in [5, 5.41) is 7.67. The minimum atomic E-state index is -0.327. The van der Waals surface area contributed by atoms with Crippen LogP contribution in [-0.2, 0) is 4.74 Å². The van der Waals surface area contributed by atoms with Crippen LogP contribution in [0.15, 0.2) is 30.3 Å². The second kappa shape index (κ2) is 10.3. The fourth-order valence-electron chi connectivity index (χ4n) is 2.71. The molecular weight excluding hydrogens is 364 g/mol. The molecule has 0 spiro atoms. The van der Waals surface area contributed by atoms with Gasteiger partial charge in [0.15, 0.2) is 5.11 Å². The summed E-state index contributed by atoms with van der Waals surface area (Å²) in [6, 6.07) is 9.90. The van der Waals surface area contributed by atoms with Gasteiger partial charge in [0.25, 0.3) is 0 Å². The van der Waals surface area contributed by atoms with E-state index in [0.717, 1.165) is 34.0 Å². The highest BCUT2D eigenvalue weighted by Gasteiger charge is 2.24. The van der Waals surface area contributed by atoms with E-state index in [0.29, 0.717) is 17.3 Å². The van der Waals surface area contributed by atoms with E-state index >= 15 is 0 Å². The predicted molar refractivity (Wildman–Crippen MR) is 114 cm³/mol. The molecule has 0 fully saturated rings. The van der Waals surface area contributed by atoms with Gasteiger partial charge in [-0.3, -0.25) is 0 Å². The van der Waals surface area contributed by atoms with E-state index in [9.17, 15) is 4.79 Å². The van der Waals surface area contributed by atoms with Gasteiger partial charge in [0.1, 0.15) is 10.6 Å². The highest BCUT2D eigenvalue weighted by atomic mass is 32.1. The van der Waals surface area contributed by atoms with Crippen molar-refractivity contribution in [2.75, 3.05) is 18.5 Å². The maximum atomic E-state index is 12.6. The van der Waals surface area contributed by atoms with Crippen molar-refractivity contribution in [3.63, 3.8) is 0 Å². The third kappa shape index (κ3) is 5.29. The molecule has 6 heteroatoms. The summed E-state index contributed by atoms with van der Waals surface area (Å²) in [5.74, 6) is -0.327. The Morgan fingerprint density at radius 2 is 1.92 bits per heavy atom. The fraction of sp³-hybridized carbons (Fsp3) is 0.400. The van der Waals surface area contributed by atoms with Gasteiger partial charge in [-0.1, -0.05) is 50.1 Å². The van der Waals surface area contributed by atoms with Crippen molar-refractivity contribution in [3.8, 4) is 11.1 Å². The summed E-state index contributed by atoms with van der Waals surface area (Å²) in [6.45, 7) is 7.15. The van der Waals surface area contributed by atoms with Gasteiger partial charge in [-0.15, -0.1) is 11.3 Å². The standard InChI is InChI=1S/C20H26N2O2S2/c1-4-6-10-13-21-20(25)22-18-17(19(23)24-5-2)16(14(3)26-18)15-11-8-7-9-12-15/h7-9,11-12H,4-6,10,13H2,1-3H3,(H2,21,22,25). The summed E-state index contributed by atoms with van der Waals surface area (Å²) >= 11 is 6.92. The Balaban J connectivity index is 2.28.